The predicted molar refractivity (Wildman–Crippen MR) is 93.9 cm³/mol. The van der Waals surface area contributed by atoms with Crippen LogP contribution in [-0.4, -0.2) is 46.3 Å². The molecule has 1 aromatic carbocycles. The van der Waals surface area contributed by atoms with Gasteiger partial charge in [-0.1, -0.05) is 18.2 Å². The Morgan fingerprint density at radius 3 is 2.62 bits per heavy atom. The molecular formula is C17H20ClF3N4O. The number of halogens is 4. The molecule has 1 aromatic heterocycles. The monoisotopic (exact) mass is 388 g/mol. The van der Waals surface area contributed by atoms with E-state index in [9.17, 15) is 18.0 Å². The Morgan fingerprint density at radius 2 is 2.00 bits per heavy atom. The second-order valence-corrected chi connectivity index (χ2v) is 6.21. The Kier molecular flexibility index (Phi) is 5.98. The van der Waals surface area contributed by atoms with Gasteiger partial charge in [0, 0.05) is 25.7 Å². The zero-order valence-electron chi connectivity index (χ0n) is 14.4. The van der Waals surface area contributed by atoms with Crippen molar-refractivity contribution in [2.24, 2.45) is 0 Å². The van der Waals surface area contributed by atoms with Gasteiger partial charge in [-0.2, -0.15) is 18.3 Å². The largest absolute Gasteiger partial charge is 0.434 e. The zero-order chi connectivity index (χ0) is 18.2. The zero-order valence-corrected chi connectivity index (χ0v) is 15.2. The summed E-state index contributed by atoms with van der Waals surface area (Å²) in [5.41, 5.74) is -0.490. The second kappa shape index (κ2) is 7.67. The molecule has 3 rings (SSSR count). The first-order valence-corrected chi connectivity index (χ1v) is 8.03. The molecule has 0 radical (unpaired) electrons. The van der Waals surface area contributed by atoms with Gasteiger partial charge in [0.05, 0.1) is 17.4 Å². The van der Waals surface area contributed by atoms with Gasteiger partial charge >= 0.3 is 6.18 Å². The number of piperazine rings is 1. The van der Waals surface area contributed by atoms with Crippen molar-refractivity contribution in [3.8, 4) is 5.69 Å². The molecule has 1 atom stereocenters. The number of benzene rings is 1. The smallest absolute Gasteiger partial charge is 0.336 e. The number of rotatable bonds is 2. The Morgan fingerprint density at radius 1 is 1.31 bits per heavy atom. The lowest BCUT2D eigenvalue weighted by molar-refractivity contribution is -0.143. The van der Waals surface area contributed by atoms with E-state index in [1.54, 1.807) is 31.2 Å². The topological polar surface area (TPSA) is 50.2 Å². The molecule has 0 aliphatic carbocycles. The lowest BCUT2D eigenvalue weighted by atomic mass is 10.1. The molecule has 1 amide bonds. The van der Waals surface area contributed by atoms with Crippen LogP contribution in [0.1, 0.15) is 28.5 Å². The third-order valence-electron chi connectivity index (χ3n) is 4.27. The van der Waals surface area contributed by atoms with Crippen LogP contribution in [0.5, 0.6) is 0 Å². The maximum atomic E-state index is 13.7. The van der Waals surface area contributed by atoms with Crippen LogP contribution in [0, 0.1) is 6.92 Å². The van der Waals surface area contributed by atoms with E-state index in [4.69, 9.17) is 0 Å². The lowest BCUT2D eigenvalue weighted by Crippen LogP contribution is -2.51. The van der Waals surface area contributed by atoms with Crippen LogP contribution < -0.4 is 5.32 Å². The van der Waals surface area contributed by atoms with E-state index in [0.29, 0.717) is 30.9 Å². The van der Waals surface area contributed by atoms with Crippen LogP contribution in [0.25, 0.3) is 5.69 Å². The summed E-state index contributed by atoms with van der Waals surface area (Å²) < 4.78 is 42.0. The van der Waals surface area contributed by atoms with Gasteiger partial charge in [-0.15, -0.1) is 12.4 Å². The van der Waals surface area contributed by atoms with Gasteiger partial charge in [0.15, 0.2) is 5.69 Å². The van der Waals surface area contributed by atoms with Crippen molar-refractivity contribution in [2.45, 2.75) is 26.1 Å². The Labute approximate surface area is 155 Å². The molecule has 142 valence electrons. The summed E-state index contributed by atoms with van der Waals surface area (Å²) >= 11 is 0. The van der Waals surface area contributed by atoms with Crippen molar-refractivity contribution in [2.75, 3.05) is 19.6 Å². The summed E-state index contributed by atoms with van der Waals surface area (Å²) in [4.78, 5) is 14.1. The van der Waals surface area contributed by atoms with Gasteiger partial charge < -0.3 is 10.2 Å². The second-order valence-electron chi connectivity index (χ2n) is 6.21. The number of aromatic nitrogens is 2. The molecule has 1 fully saturated rings. The first-order chi connectivity index (χ1) is 11.8. The average molecular weight is 389 g/mol. The molecule has 9 heteroatoms. The van der Waals surface area contributed by atoms with E-state index in [1.807, 2.05) is 6.92 Å². The van der Waals surface area contributed by atoms with E-state index < -0.39 is 23.3 Å². The molecule has 26 heavy (non-hydrogen) atoms. The predicted octanol–water partition coefficient (Wildman–Crippen LogP) is 3.06. The van der Waals surface area contributed by atoms with Crippen LogP contribution in [-0.2, 0) is 6.18 Å². The highest BCUT2D eigenvalue weighted by Gasteiger charge is 2.41. The summed E-state index contributed by atoms with van der Waals surface area (Å²) in [7, 11) is 0. The number of hydrogen-bond donors (Lipinski definition) is 1. The van der Waals surface area contributed by atoms with Crippen molar-refractivity contribution in [3.05, 3.63) is 47.3 Å². The summed E-state index contributed by atoms with van der Waals surface area (Å²) in [5.74, 6) is -0.638. The Balaban J connectivity index is 0.00000243. The summed E-state index contributed by atoms with van der Waals surface area (Å²) in [6.07, 6.45) is -3.67. The number of carbonyl (C=O) groups excluding carboxylic acids is 1. The summed E-state index contributed by atoms with van der Waals surface area (Å²) in [6, 6.07) is 6.68. The lowest BCUT2D eigenvalue weighted by Gasteiger charge is -2.32. The molecule has 1 aliphatic rings. The quantitative estimate of drug-likeness (QED) is 0.860. The van der Waals surface area contributed by atoms with Crippen LogP contribution in [0.4, 0.5) is 13.2 Å². The molecule has 0 saturated carbocycles. The highest BCUT2D eigenvalue weighted by Crippen LogP contribution is 2.34. The van der Waals surface area contributed by atoms with E-state index in [2.05, 4.69) is 10.4 Å². The molecule has 2 heterocycles. The first kappa shape index (κ1) is 20.3. The first-order valence-electron chi connectivity index (χ1n) is 8.03. The molecular weight excluding hydrogens is 369 g/mol. The Bertz CT molecular complexity index is 791. The average Bonchev–Trinajstić information content (AvgIpc) is 2.99. The molecule has 0 spiro atoms. The molecule has 2 aromatic rings. The highest BCUT2D eigenvalue weighted by atomic mass is 35.5. The van der Waals surface area contributed by atoms with Crippen molar-refractivity contribution in [3.63, 3.8) is 0 Å². The van der Waals surface area contributed by atoms with Gasteiger partial charge in [0.1, 0.15) is 0 Å². The molecule has 1 N–H and O–H groups in total. The van der Waals surface area contributed by atoms with E-state index in [0.717, 1.165) is 10.9 Å². The van der Waals surface area contributed by atoms with Gasteiger partial charge in [0.2, 0.25) is 0 Å². The van der Waals surface area contributed by atoms with Gasteiger partial charge in [-0.05, 0) is 25.5 Å². The van der Waals surface area contributed by atoms with Crippen LogP contribution in [0.3, 0.4) is 0 Å². The number of carbonyl (C=O) groups is 1. The third-order valence-corrected chi connectivity index (χ3v) is 4.27. The molecule has 1 aliphatic heterocycles. The molecule has 0 bridgehead atoms. The minimum atomic E-state index is -4.69. The fourth-order valence-corrected chi connectivity index (χ4v) is 3.05. The SMILES string of the molecule is Cc1ccccc1-n1ncc(C(=O)N2CCNC(C)C2)c1C(F)(F)F.Cl. The maximum absolute atomic E-state index is 13.7. The summed E-state index contributed by atoms with van der Waals surface area (Å²) in [6.45, 7) is 4.89. The van der Waals surface area contributed by atoms with Crippen molar-refractivity contribution >= 4 is 18.3 Å². The minimum absolute atomic E-state index is 0. The minimum Gasteiger partial charge on any atom is -0.336 e. The van der Waals surface area contributed by atoms with Crippen molar-refractivity contribution in [1.29, 1.82) is 0 Å². The fourth-order valence-electron chi connectivity index (χ4n) is 3.05. The number of hydrogen-bond acceptors (Lipinski definition) is 3. The number of para-hydroxylation sites is 1. The highest BCUT2D eigenvalue weighted by molar-refractivity contribution is 5.95. The molecule has 1 unspecified atom stereocenters. The van der Waals surface area contributed by atoms with Crippen LogP contribution in [0.2, 0.25) is 0 Å². The van der Waals surface area contributed by atoms with E-state index in [-0.39, 0.29) is 18.4 Å². The van der Waals surface area contributed by atoms with Crippen LogP contribution >= 0.6 is 12.4 Å². The maximum Gasteiger partial charge on any atom is 0.434 e. The van der Waals surface area contributed by atoms with Crippen molar-refractivity contribution in [1.82, 2.24) is 20.0 Å². The molecule has 5 nitrogen and oxygen atoms in total. The number of nitrogens with zero attached hydrogens (tertiary/aromatic N) is 3. The fraction of sp³-hybridized carbons (Fsp3) is 0.412. The number of amides is 1. The standard InChI is InChI=1S/C17H19F3N4O.ClH/c1-11-5-3-4-6-14(11)24-15(17(18,19)20)13(9-22-24)16(25)23-8-7-21-12(2)10-23;/h3-6,9,12,21H,7-8,10H2,1-2H3;1H. The van der Waals surface area contributed by atoms with Crippen LogP contribution in [0.15, 0.2) is 30.5 Å². The third kappa shape index (κ3) is 3.86. The normalized spacial score (nSPS) is 17.7. The van der Waals surface area contributed by atoms with Gasteiger partial charge in [-0.25, -0.2) is 4.68 Å². The number of nitrogens with one attached hydrogen (secondary N) is 1. The van der Waals surface area contributed by atoms with E-state index in [1.165, 1.54) is 4.90 Å². The molecule has 1 saturated heterocycles. The van der Waals surface area contributed by atoms with Gasteiger partial charge in [0.25, 0.3) is 5.91 Å². The summed E-state index contributed by atoms with van der Waals surface area (Å²) in [5, 5.41) is 7.05. The van der Waals surface area contributed by atoms with Gasteiger partial charge in [-0.3, -0.25) is 4.79 Å². The number of alkyl halides is 3. The number of aryl methyl sites for hydroxylation is 1. The van der Waals surface area contributed by atoms with E-state index >= 15 is 0 Å². The Hall–Kier alpha value is -2.06. The van der Waals surface area contributed by atoms with Crippen molar-refractivity contribution < 1.29 is 18.0 Å².